The molecule has 3 aliphatic rings. The van der Waals surface area contributed by atoms with Crippen LogP contribution in [0.25, 0.3) is 0 Å². The van der Waals surface area contributed by atoms with Gasteiger partial charge in [0.1, 0.15) is 17.7 Å². The average molecular weight is 509 g/mol. The zero-order valence-corrected chi connectivity index (χ0v) is 22.9. The summed E-state index contributed by atoms with van der Waals surface area (Å²) < 4.78 is 5.39. The number of hydrogen-bond donors (Lipinski definition) is 4. The Hall–Kier alpha value is -2.36. The summed E-state index contributed by atoms with van der Waals surface area (Å²) in [5.74, 6) is -0.816. The van der Waals surface area contributed by atoms with E-state index in [1.165, 1.54) is 0 Å². The Labute approximate surface area is 214 Å². The van der Waals surface area contributed by atoms with Crippen molar-refractivity contribution in [1.29, 1.82) is 0 Å². The third kappa shape index (κ3) is 5.95. The van der Waals surface area contributed by atoms with Gasteiger partial charge in [-0.1, -0.05) is 34.6 Å². The summed E-state index contributed by atoms with van der Waals surface area (Å²) in [5, 5.41) is 18.3. The minimum absolute atomic E-state index is 0.0160. The van der Waals surface area contributed by atoms with Crippen molar-refractivity contribution in [1.82, 2.24) is 20.9 Å². The Morgan fingerprint density at radius 3 is 2.31 bits per heavy atom. The van der Waals surface area contributed by atoms with Gasteiger partial charge in [0.05, 0.1) is 12.6 Å². The highest BCUT2D eigenvalue weighted by atomic mass is 16.6. The molecule has 10 nitrogen and oxygen atoms in total. The van der Waals surface area contributed by atoms with Crippen LogP contribution < -0.4 is 16.0 Å². The second-order valence-corrected chi connectivity index (χ2v) is 13.2. The number of likely N-dealkylation sites (tertiary alicyclic amines) is 1. The predicted molar refractivity (Wildman–Crippen MR) is 134 cm³/mol. The number of aliphatic hydroxyl groups is 1. The number of aliphatic hydroxyl groups excluding tert-OH is 1. The number of ether oxygens (including phenoxy) is 1. The molecule has 2 saturated heterocycles. The van der Waals surface area contributed by atoms with Crippen LogP contribution in [0.2, 0.25) is 0 Å². The maximum absolute atomic E-state index is 13.8. The first kappa shape index (κ1) is 28.2. The molecule has 0 spiro atoms. The third-order valence-electron chi connectivity index (χ3n) is 7.83. The van der Waals surface area contributed by atoms with Crippen molar-refractivity contribution in [3.8, 4) is 0 Å². The van der Waals surface area contributed by atoms with E-state index in [0.717, 1.165) is 0 Å². The minimum atomic E-state index is -0.890. The van der Waals surface area contributed by atoms with Crippen LogP contribution in [-0.4, -0.2) is 77.2 Å². The fraction of sp³-hybridized carbons (Fsp3) is 0.846. The standard InChI is InChI=1S/C26H44N4O6/c1-24(2,3)19(29-23(35)36-25(4,5)6)22(34)30-12-16-17(26(16,7)8)18(30)21(33)28-15(13-31)11-14-9-10-27-20(14)32/h14-19,31H,9-13H2,1-8H3,(H,27,32)(H,28,33)(H,29,35)/t14-,15?,16+,17+,18-,19+/m0/s1. The number of alkyl carbamates (subject to hydrolysis) is 1. The van der Waals surface area contributed by atoms with E-state index in [2.05, 4.69) is 29.8 Å². The van der Waals surface area contributed by atoms with Crippen molar-refractivity contribution in [2.45, 2.75) is 92.0 Å². The minimum Gasteiger partial charge on any atom is -0.444 e. The molecule has 3 fully saturated rings. The van der Waals surface area contributed by atoms with Crippen LogP contribution in [0.5, 0.6) is 0 Å². The summed E-state index contributed by atoms with van der Waals surface area (Å²) in [7, 11) is 0. The second-order valence-electron chi connectivity index (χ2n) is 13.2. The lowest BCUT2D eigenvalue weighted by atomic mass is 9.85. The summed E-state index contributed by atoms with van der Waals surface area (Å²) in [4.78, 5) is 53.5. The summed E-state index contributed by atoms with van der Waals surface area (Å²) >= 11 is 0. The van der Waals surface area contributed by atoms with Gasteiger partial charge >= 0.3 is 6.09 Å². The number of rotatable bonds is 7. The van der Waals surface area contributed by atoms with Crippen LogP contribution in [0.15, 0.2) is 0 Å². The summed E-state index contributed by atoms with van der Waals surface area (Å²) in [5.41, 5.74) is -1.43. The molecule has 204 valence electrons. The van der Waals surface area contributed by atoms with Gasteiger partial charge < -0.3 is 30.7 Å². The van der Waals surface area contributed by atoms with Gasteiger partial charge in [-0.25, -0.2) is 4.79 Å². The first-order valence-corrected chi connectivity index (χ1v) is 13.0. The number of nitrogens with zero attached hydrogens (tertiary/aromatic N) is 1. The van der Waals surface area contributed by atoms with E-state index in [4.69, 9.17) is 4.74 Å². The molecule has 0 aromatic carbocycles. The van der Waals surface area contributed by atoms with E-state index in [9.17, 15) is 24.3 Å². The molecule has 4 N–H and O–H groups in total. The first-order chi connectivity index (χ1) is 16.5. The molecule has 4 amide bonds. The van der Waals surface area contributed by atoms with Gasteiger partial charge in [-0.3, -0.25) is 14.4 Å². The average Bonchev–Trinajstić information content (AvgIpc) is 3.08. The molecule has 1 aliphatic carbocycles. The van der Waals surface area contributed by atoms with Gasteiger partial charge in [0.15, 0.2) is 0 Å². The Morgan fingerprint density at radius 2 is 1.81 bits per heavy atom. The monoisotopic (exact) mass is 508 g/mol. The van der Waals surface area contributed by atoms with Crippen molar-refractivity contribution in [3.63, 3.8) is 0 Å². The number of piperidine rings is 1. The van der Waals surface area contributed by atoms with Crippen LogP contribution in [0.4, 0.5) is 4.79 Å². The third-order valence-corrected chi connectivity index (χ3v) is 7.83. The molecule has 1 saturated carbocycles. The Balaban J connectivity index is 1.78. The molecule has 10 heteroatoms. The van der Waals surface area contributed by atoms with Gasteiger partial charge in [0.2, 0.25) is 17.7 Å². The Kier molecular flexibility index (Phi) is 7.71. The van der Waals surface area contributed by atoms with Crippen LogP contribution >= 0.6 is 0 Å². The van der Waals surface area contributed by atoms with E-state index in [0.29, 0.717) is 25.9 Å². The maximum atomic E-state index is 13.8. The van der Waals surface area contributed by atoms with E-state index in [1.807, 2.05) is 20.8 Å². The van der Waals surface area contributed by atoms with Crippen molar-refractivity contribution in [2.75, 3.05) is 19.7 Å². The first-order valence-electron chi connectivity index (χ1n) is 13.0. The molecule has 36 heavy (non-hydrogen) atoms. The molecule has 0 aromatic rings. The number of amides is 4. The SMILES string of the molecule is CC(C)(C)OC(=O)N[C@H](C(=O)N1C[C@@H]2[C@H]([C@H]1C(=O)NC(CO)C[C@@H]1CCNC1=O)C2(C)C)C(C)(C)C. The second kappa shape index (κ2) is 9.84. The number of fused-ring (bicyclic) bond motifs is 1. The molecule has 6 atom stereocenters. The molecule has 2 aliphatic heterocycles. The predicted octanol–water partition coefficient (Wildman–Crippen LogP) is 1.41. The highest BCUT2D eigenvalue weighted by Crippen LogP contribution is 2.65. The number of carbonyl (C=O) groups excluding carboxylic acids is 4. The van der Waals surface area contributed by atoms with Crippen molar-refractivity contribution < 1.29 is 29.0 Å². The smallest absolute Gasteiger partial charge is 0.408 e. The number of nitrogens with one attached hydrogen (secondary N) is 3. The van der Waals surface area contributed by atoms with Gasteiger partial charge in [-0.2, -0.15) is 0 Å². The van der Waals surface area contributed by atoms with Crippen LogP contribution in [-0.2, 0) is 19.1 Å². The van der Waals surface area contributed by atoms with Crippen molar-refractivity contribution >= 4 is 23.8 Å². The largest absolute Gasteiger partial charge is 0.444 e. The molecule has 0 bridgehead atoms. The number of carbonyl (C=O) groups is 4. The fourth-order valence-corrected chi connectivity index (χ4v) is 5.73. The van der Waals surface area contributed by atoms with E-state index in [1.54, 1.807) is 25.7 Å². The molecule has 1 unspecified atom stereocenters. The maximum Gasteiger partial charge on any atom is 0.408 e. The van der Waals surface area contributed by atoms with Gasteiger partial charge in [0, 0.05) is 19.0 Å². The molecule has 2 heterocycles. The van der Waals surface area contributed by atoms with Crippen LogP contribution in [0, 0.1) is 28.6 Å². The molecular weight excluding hydrogens is 464 g/mol. The molecule has 0 aromatic heterocycles. The highest BCUT2D eigenvalue weighted by molar-refractivity contribution is 5.93. The lowest BCUT2D eigenvalue weighted by Gasteiger charge is -2.38. The lowest BCUT2D eigenvalue weighted by Crippen LogP contribution is -2.60. The molecular formula is C26H44N4O6. The van der Waals surface area contributed by atoms with Gasteiger partial charge in [-0.15, -0.1) is 0 Å². The van der Waals surface area contributed by atoms with E-state index < -0.39 is 35.2 Å². The zero-order chi connectivity index (χ0) is 27.2. The van der Waals surface area contributed by atoms with Crippen molar-refractivity contribution in [3.05, 3.63) is 0 Å². The summed E-state index contributed by atoms with van der Waals surface area (Å²) in [6, 6.07) is -2.18. The Bertz CT molecular complexity index is 890. The normalized spacial score (nSPS) is 28.6. The van der Waals surface area contributed by atoms with Crippen molar-refractivity contribution in [2.24, 2.45) is 28.6 Å². The molecule has 3 rings (SSSR count). The topological polar surface area (TPSA) is 137 Å². The van der Waals surface area contributed by atoms with E-state index in [-0.39, 0.29) is 47.5 Å². The van der Waals surface area contributed by atoms with E-state index >= 15 is 0 Å². The summed E-state index contributed by atoms with van der Waals surface area (Å²) in [6.07, 6.45) is 0.328. The highest BCUT2D eigenvalue weighted by Gasteiger charge is 2.69. The quantitative estimate of drug-likeness (QED) is 0.410. The Morgan fingerprint density at radius 1 is 1.17 bits per heavy atom. The zero-order valence-electron chi connectivity index (χ0n) is 22.9. The van der Waals surface area contributed by atoms with Gasteiger partial charge in [0.25, 0.3) is 0 Å². The lowest BCUT2D eigenvalue weighted by molar-refractivity contribution is -0.144. The number of hydrogen-bond acceptors (Lipinski definition) is 6. The fourth-order valence-electron chi connectivity index (χ4n) is 5.73. The summed E-state index contributed by atoms with van der Waals surface area (Å²) in [6.45, 7) is 15.7. The van der Waals surface area contributed by atoms with Crippen LogP contribution in [0.1, 0.15) is 68.2 Å². The van der Waals surface area contributed by atoms with Gasteiger partial charge in [-0.05, 0) is 56.3 Å². The molecule has 0 radical (unpaired) electrons. The van der Waals surface area contributed by atoms with Crippen LogP contribution in [0.3, 0.4) is 0 Å².